The van der Waals surface area contributed by atoms with E-state index in [2.05, 4.69) is 23.2 Å². The molecule has 4 rings (SSSR count). The van der Waals surface area contributed by atoms with E-state index in [1.165, 1.54) is 11.1 Å². The fourth-order valence-electron chi connectivity index (χ4n) is 3.37. The Kier molecular flexibility index (Phi) is 3.82. The second-order valence-corrected chi connectivity index (χ2v) is 6.34. The Morgan fingerprint density at radius 2 is 1.92 bits per heavy atom. The number of nitrogens with zero attached hydrogens (tertiary/aromatic N) is 1. The van der Waals surface area contributed by atoms with Gasteiger partial charge in [-0.15, -0.1) is 0 Å². The molecule has 2 aromatic carbocycles. The van der Waals surface area contributed by atoms with Gasteiger partial charge in [0.05, 0.1) is 18.3 Å². The summed E-state index contributed by atoms with van der Waals surface area (Å²) < 4.78 is 5.93. The summed E-state index contributed by atoms with van der Waals surface area (Å²) in [4.78, 5) is 17.7. The number of aromatic nitrogens is 1. The first kappa shape index (κ1) is 15.0. The van der Waals surface area contributed by atoms with Crippen molar-refractivity contribution in [2.75, 3.05) is 13.6 Å². The molecule has 0 fully saturated rings. The summed E-state index contributed by atoms with van der Waals surface area (Å²) in [6, 6.07) is 16.2. The molecule has 4 heteroatoms. The van der Waals surface area contributed by atoms with E-state index >= 15 is 0 Å². The number of carbonyl (C=O) groups is 1. The van der Waals surface area contributed by atoms with Gasteiger partial charge in [0, 0.05) is 37.1 Å². The molecular weight excluding hydrogens is 300 g/mol. The number of aromatic amines is 1. The van der Waals surface area contributed by atoms with Gasteiger partial charge >= 0.3 is 0 Å². The molecule has 122 valence electrons. The van der Waals surface area contributed by atoms with Crippen LogP contribution < -0.4 is 0 Å². The summed E-state index contributed by atoms with van der Waals surface area (Å²) in [7, 11) is 1.84. The zero-order valence-electron chi connectivity index (χ0n) is 13.7. The molecule has 1 aliphatic heterocycles. The van der Waals surface area contributed by atoms with Crippen molar-refractivity contribution in [3.05, 3.63) is 71.4 Å². The van der Waals surface area contributed by atoms with Crippen LogP contribution in [0.25, 0.3) is 10.9 Å². The molecule has 0 saturated carbocycles. The van der Waals surface area contributed by atoms with Crippen LogP contribution in [0.5, 0.6) is 0 Å². The lowest BCUT2D eigenvalue weighted by Crippen LogP contribution is -2.38. The largest absolute Gasteiger partial charge is 0.371 e. The number of amides is 1. The van der Waals surface area contributed by atoms with Gasteiger partial charge in [0.25, 0.3) is 5.91 Å². The summed E-state index contributed by atoms with van der Waals surface area (Å²) in [6.07, 6.45) is 2.68. The number of likely N-dealkylation sites (N-methyl/N-ethyl adjacent to an activating group) is 1. The lowest BCUT2D eigenvalue weighted by Gasteiger charge is -2.29. The minimum atomic E-state index is 0.0231. The summed E-state index contributed by atoms with van der Waals surface area (Å²) >= 11 is 0. The Hall–Kier alpha value is -2.59. The topological polar surface area (TPSA) is 45.3 Å². The molecule has 2 heterocycles. The SMILES string of the molecule is CN(CC1Cc2ccccc2CO1)C(=O)c1c[nH]c2ccccc12. The van der Waals surface area contributed by atoms with E-state index in [1.807, 2.05) is 37.4 Å². The molecular formula is C20H20N2O2. The number of nitrogens with one attached hydrogen (secondary N) is 1. The van der Waals surface area contributed by atoms with E-state index < -0.39 is 0 Å². The Bertz CT molecular complexity index is 884. The van der Waals surface area contributed by atoms with Crippen LogP contribution >= 0.6 is 0 Å². The number of benzene rings is 2. The predicted octanol–water partition coefficient (Wildman–Crippen LogP) is 3.38. The number of H-pyrrole nitrogens is 1. The number of rotatable bonds is 3. The summed E-state index contributed by atoms with van der Waals surface area (Å²) in [6.45, 7) is 1.21. The minimum absolute atomic E-state index is 0.0231. The van der Waals surface area contributed by atoms with Crippen LogP contribution in [0.15, 0.2) is 54.7 Å². The molecule has 1 N–H and O–H groups in total. The van der Waals surface area contributed by atoms with E-state index in [-0.39, 0.29) is 12.0 Å². The van der Waals surface area contributed by atoms with Crippen LogP contribution in [0.2, 0.25) is 0 Å². The number of hydrogen-bond acceptors (Lipinski definition) is 2. The van der Waals surface area contributed by atoms with E-state index in [4.69, 9.17) is 4.74 Å². The molecule has 0 saturated heterocycles. The first-order valence-corrected chi connectivity index (χ1v) is 8.22. The van der Waals surface area contributed by atoms with E-state index in [0.717, 1.165) is 17.3 Å². The Morgan fingerprint density at radius 1 is 1.17 bits per heavy atom. The monoisotopic (exact) mass is 320 g/mol. The highest BCUT2D eigenvalue weighted by Crippen LogP contribution is 2.22. The molecule has 1 aromatic heterocycles. The van der Waals surface area contributed by atoms with Gasteiger partial charge in [-0.2, -0.15) is 0 Å². The third kappa shape index (κ3) is 2.69. The Balaban J connectivity index is 1.48. The maximum absolute atomic E-state index is 12.8. The molecule has 0 radical (unpaired) electrons. The van der Waals surface area contributed by atoms with E-state index in [1.54, 1.807) is 11.1 Å². The van der Waals surface area contributed by atoms with Crippen LogP contribution in [0.4, 0.5) is 0 Å². The Morgan fingerprint density at radius 3 is 2.79 bits per heavy atom. The number of para-hydroxylation sites is 1. The maximum Gasteiger partial charge on any atom is 0.255 e. The second kappa shape index (κ2) is 6.13. The molecule has 0 bridgehead atoms. The summed E-state index contributed by atoms with van der Waals surface area (Å²) in [5, 5.41) is 0.962. The fourth-order valence-corrected chi connectivity index (χ4v) is 3.37. The maximum atomic E-state index is 12.8. The first-order valence-electron chi connectivity index (χ1n) is 8.22. The van der Waals surface area contributed by atoms with Crippen LogP contribution in [-0.2, 0) is 17.8 Å². The average molecular weight is 320 g/mol. The molecule has 0 aliphatic carbocycles. The van der Waals surface area contributed by atoms with Gasteiger partial charge < -0.3 is 14.6 Å². The highest BCUT2D eigenvalue weighted by molar-refractivity contribution is 6.06. The van der Waals surface area contributed by atoms with Crippen molar-refractivity contribution in [3.63, 3.8) is 0 Å². The molecule has 3 aromatic rings. The Labute approximate surface area is 141 Å². The van der Waals surface area contributed by atoms with Crippen LogP contribution in [0, 0.1) is 0 Å². The van der Waals surface area contributed by atoms with Gasteiger partial charge in [-0.05, 0) is 17.2 Å². The van der Waals surface area contributed by atoms with Crippen molar-refractivity contribution in [1.82, 2.24) is 9.88 Å². The number of fused-ring (bicyclic) bond motifs is 2. The standard InChI is InChI=1S/C20H20N2O2/c1-22(12-16-10-14-6-2-3-7-15(14)13-24-16)20(23)18-11-21-19-9-5-4-8-17(18)19/h2-9,11,16,21H,10,12-13H2,1H3. The van der Waals surface area contributed by atoms with Gasteiger partial charge in [0.2, 0.25) is 0 Å². The molecule has 0 spiro atoms. The number of ether oxygens (including phenoxy) is 1. The molecule has 24 heavy (non-hydrogen) atoms. The third-order valence-electron chi connectivity index (χ3n) is 4.68. The smallest absolute Gasteiger partial charge is 0.255 e. The third-order valence-corrected chi connectivity index (χ3v) is 4.68. The number of hydrogen-bond donors (Lipinski definition) is 1. The van der Waals surface area contributed by atoms with Gasteiger partial charge in [-0.25, -0.2) is 0 Å². The summed E-state index contributed by atoms with van der Waals surface area (Å²) in [5.41, 5.74) is 4.27. The zero-order chi connectivity index (χ0) is 16.5. The van der Waals surface area contributed by atoms with Gasteiger partial charge in [-0.1, -0.05) is 42.5 Å². The molecule has 1 atom stereocenters. The van der Waals surface area contributed by atoms with Crippen molar-refractivity contribution in [2.24, 2.45) is 0 Å². The highest BCUT2D eigenvalue weighted by atomic mass is 16.5. The summed E-state index contributed by atoms with van der Waals surface area (Å²) in [5.74, 6) is 0.0231. The van der Waals surface area contributed by atoms with Crippen LogP contribution in [0.3, 0.4) is 0 Å². The average Bonchev–Trinajstić information content (AvgIpc) is 3.05. The molecule has 1 unspecified atom stereocenters. The van der Waals surface area contributed by atoms with Gasteiger partial charge in [0.15, 0.2) is 0 Å². The van der Waals surface area contributed by atoms with Gasteiger partial charge in [-0.3, -0.25) is 4.79 Å². The van der Waals surface area contributed by atoms with Crippen molar-refractivity contribution >= 4 is 16.8 Å². The minimum Gasteiger partial charge on any atom is -0.371 e. The second-order valence-electron chi connectivity index (χ2n) is 6.34. The predicted molar refractivity (Wildman–Crippen MR) is 94.0 cm³/mol. The van der Waals surface area contributed by atoms with Gasteiger partial charge in [0.1, 0.15) is 0 Å². The van der Waals surface area contributed by atoms with Crippen molar-refractivity contribution in [2.45, 2.75) is 19.1 Å². The van der Waals surface area contributed by atoms with E-state index in [0.29, 0.717) is 18.7 Å². The molecule has 1 amide bonds. The van der Waals surface area contributed by atoms with Crippen LogP contribution in [0.1, 0.15) is 21.5 Å². The quantitative estimate of drug-likeness (QED) is 0.804. The van der Waals surface area contributed by atoms with Crippen molar-refractivity contribution < 1.29 is 9.53 Å². The van der Waals surface area contributed by atoms with Crippen molar-refractivity contribution in [3.8, 4) is 0 Å². The normalized spacial score (nSPS) is 16.8. The van der Waals surface area contributed by atoms with E-state index in [9.17, 15) is 4.79 Å². The number of carbonyl (C=O) groups excluding carboxylic acids is 1. The molecule has 1 aliphatic rings. The van der Waals surface area contributed by atoms with Crippen LogP contribution in [-0.4, -0.2) is 35.5 Å². The lowest BCUT2D eigenvalue weighted by molar-refractivity contribution is 0.00989. The fraction of sp³-hybridized carbons (Fsp3) is 0.250. The first-order chi connectivity index (χ1) is 11.7. The molecule has 4 nitrogen and oxygen atoms in total. The zero-order valence-corrected chi connectivity index (χ0v) is 13.7. The van der Waals surface area contributed by atoms with Crippen molar-refractivity contribution in [1.29, 1.82) is 0 Å². The lowest BCUT2D eigenvalue weighted by atomic mass is 9.99. The highest BCUT2D eigenvalue weighted by Gasteiger charge is 2.23.